The van der Waals surface area contributed by atoms with E-state index in [4.69, 9.17) is 10.5 Å². The molecule has 4 rings (SSSR count). The van der Waals surface area contributed by atoms with E-state index in [1.54, 1.807) is 6.07 Å². The number of ether oxygens (including phenoxy) is 1. The van der Waals surface area contributed by atoms with Crippen LogP contribution in [0, 0.1) is 6.07 Å². The van der Waals surface area contributed by atoms with Gasteiger partial charge in [0.25, 0.3) is 0 Å². The molecule has 1 fully saturated rings. The van der Waals surface area contributed by atoms with Crippen molar-refractivity contribution in [2.24, 2.45) is 0 Å². The summed E-state index contributed by atoms with van der Waals surface area (Å²) in [7, 11) is 0. The lowest BCUT2D eigenvalue weighted by Gasteiger charge is -2.16. The predicted molar refractivity (Wildman–Crippen MR) is 98.6 cm³/mol. The molecule has 1 aliphatic rings. The van der Waals surface area contributed by atoms with Gasteiger partial charge in [-0.25, -0.2) is 9.97 Å². The first kappa shape index (κ1) is 18.0. The number of halogens is 3. The van der Waals surface area contributed by atoms with Crippen molar-refractivity contribution < 1.29 is 17.9 Å². The minimum Gasteiger partial charge on any atom is -0.376 e. The van der Waals surface area contributed by atoms with Crippen LogP contribution in [-0.2, 0) is 10.9 Å². The van der Waals surface area contributed by atoms with Crippen molar-refractivity contribution in [3.8, 4) is 11.1 Å². The number of nitrogens with one attached hydrogen (secondary N) is 1. The fourth-order valence-corrected chi connectivity index (χ4v) is 3.71. The molecule has 27 heavy (non-hydrogen) atoms. The van der Waals surface area contributed by atoms with Crippen LogP contribution in [0.15, 0.2) is 24.3 Å². The van der Waals surface area contributed by atoms with Gasteiger partial charge in [-0.2, -0.15) is 13.2 Å². The summed E-state index contributed by atoms with van der Waals surface area (Å²) >= 11 is 1.33. The van der Waals surface area contributed by atoms with Crippen molar-refractivity contribution in [3.05, 3.63) is 36.0 Å². The Bertz CT molecular complexity index is 967. The van der Waals surface area contributed by atoms with Gasteiger partial charge in [0.1, 0.15) is 11.5 Å². The number of rotatable bonds is 4. The van der Waals surface area contributed by atoms with Crippen LogP contribution in [0.3, 0.4) is 0 Å². The summed E-state index contributed by atoms with van der Waals surface area (Å²) in [6.45, 7) is 1.07. The van der Waals surface area contributed by atoms with E-state index in [2.05, 4.69) is 21.4 Å². The van der Waals surface area contributed by atoms with E-state index in [0.29, 0.717) is 34.9 Å². The number of benzene rings is 1. The van der Waals surface area contributed by atoms with Crippen LogP contribution in [0.4, 0.5) is 24.1 Å². The van der Waals surface area contributed by atoms with Gasteiger partial charge in [-0.15, -0.1) is 0 Å². The van der Waals surface area contributed by atoms with E-state index < -0.39 is 11.9 Å². The Kier molecular flexibility index (Phi) is 4.65. The highest BCUT2D eigenvalue weighted by molar-refractivity contribution is 7.22. The molecule has 0 aliphatic carbocycles. The van der Waals surface area contributed by atoms with Crippen molar-refractivity contribution in [1.82, 2.24) is 9.97 Å². The van der Waals surface area contributed by atoms with E-state index >= 15 is 0 Å². The fourth-order valence-electron chi connectivity index (χ4n) is 3.02. The quantitative estimate of drug-likeness (QED) is 0.689. The van der Waals surface area contributed by atoms with Gasteiger partial charge >= 0.3 is 6.18 Å². The fraction of sp³-hybridized carbons (Fsp3) is 0.333. The van der Waals surface area contributed by atoms with Crippen LogP contribution in [0.25, 0.3) is 21.3 Å². The number of hydrogen-bond acceptors (Lipinski definition) is 6. The van der Waals surface area contributed by atoms with Crippen LogP contribution in [0.5, 0.6) is 0 Å². The zero-order valence-corrected chi connectivity index (χ0v) is 15.0. The molecule has 5 nitrogen and oxygen atoms in total. The van der Waals surface area contributed by atoms with Crippen molar-refractivity contribution in [2.75, 3.05) is 24.2 Å². The molecule has 0 spiro atoms. The summed E-state index contributed by atoms with van der Waals surface area (Å²) < 4.78 is 45.7. The third-order valence-corrected chi connectivity index (χ3v) is 5.17. The van der Waals surface area contributed by atoms with Crippen molar-refractivity contribution in [2.45, 2.75) is 25.1 Å². The topological polar surface area (TPSA) is 73.1 Å². The van der Waals surface area contributed by atoms with Crippen LogP contribution in [0.2, 0.25) is 0 Å². The Morgan fingerprint density at radius 2 is 2.11 bits per heavy atom. The standard InChI is InChI=1S/C18H16F3N4OS/c19-18(20,21)15-6-4-12(16(25-15)23-9-11-2-1-7-26-11)10-3-5-14-13(8-10)24-17(22)27-14/h3-6,11H,1-2,7,9H2,(H2,22,24)(H,23,25). The molecule has 9 heteroatoms. The Hall–Kier alpha value is -2.39. The third-order valence-electron chi connectivity index (χ3n) is 4.32. The number of hydrogen-bond donors (Lipinski definition) is 2. The normalized spacial score (nSPS) is 17.5. The molecule has 0 saturated carbocycles. The van der Waals surface area contributed by atoms with Gasteiger partial charge in [-0.05, 0) is 36.6 Å². The van der Waals surface area contributed by atoms with E-state index in [1.165, 1.54) is 17.4 Å². The Balaban J connectivity index is 1.72. The number of alkyl halides is 3. The second kappa shape index (κ2) is 6.97. The van der Waals surface area contributed by atoms with Crippen LogP contribution < -0.4 is 11.1 Å². The molecule has 1 atom stereocenters. The lowest BCUT2D eigenvalue weighted by Crippen LogP contribution is -2.20. The molecule has 0 bridgehead atoms. The van der Waals surface area contributed by atoms with E-state index in [0.717, 1.165) is 23.6 Å². The maximum Gasteiger partial charge on any atom is 0.433 e. The van der Waals surface area contributed by atoms with Crippen molar-refractivity contribution in [1.29, 1.82) is 0 Å². The predicted octanol–water partition coefficient (Wildman–Crippen LogP) is 4.35. The van der Waals surface area contributed by atoms with Crippen molar-refractivity contribution in [3.63, 3.8) is 0 Å². The average molecular weight is 393 g/mol. The lowest BCUT2D eigenvalue weighted by molar-refractivity contribution is -0.141. The molecule has 3 heterocycles. The molecule has 1 saturated heterocycles. The molecule has 141 valence electrons. The minimum absolute atomic E-state index is 0.0287. The highest BCUT2D eigenvalue weighted by Gasteiger charge is 2.33. The Labute approximate surface area is 157 Å². The summed E-state index contributed by atoms with van der Waals surface area (Å²) in [6, 6.07) is 9.10. The Morgan fingerprint density at radius 1 is 1.26 bits per heavy atom. The first-order chi connectivity index (χ1) is 12.9. The van der Waals surface area contributed by atoms with Crippen LogP contribution in [-0.4, -0.2) is 29.2 Å². The average Bonchev–Trinajstić information content (AvgIpc) is 3.26. The zero-order chi connectivity index (χ0) is 19.0. The Morgan fingerprint density at radius 3 is 2.85 bits per heavy atom. The molecule has 3 aromatic rings. The van der Waals surface area contributed by atoms with Gasteiger partial charge in [0, 0.05) is 24.8 Å². The summed E-state index contributed by atoms with van der Waals surface area (Å²) in [6.07, 6.45) is -2.72. The second-order valence-corrected chi connectivity index (χ2v) is 7.31. The number of fused-ring (bicyclic) bond motifs is 1. The molecule has 3 N–H and O–H groups in total. The van der Waals surface area contributed by atoms with Gasteiger partial charge in [0.05, 0.1) is 16.3 Å². The van der Waals surface area contributed by atoms with Gasteiger partial charge < -0.3 is 15.8 Å². The molecule has 0 amide bonds. The van der Waals surface area contributed by atoms with Gasteiger partial charge in [0.15, 0.2) is 5.13 Å². The van der Waals surface area contributed by atoms with Gasteiger partial charge in [-0.1, -0.05) is 17.4 Å². The lowest BCUT2D eigenvalue weighted by atomic mass is 10.1. The number of anilines is 2. The van der Waals surface area contributed by atoms with E-state index in [1.807, 2.05) is 6.07 Å². The molecule has 1 unspecified atom stereocenters. The zero-order valence-electron chi connectivity index (χ0n) is 14.1. The number of nitrogens with zero attached hydrogens (tertiary/aromatic N) is 2. The van der Waals surface area contributed by atoms with Crippen LogP contribution in [0.1, 0.15) is 18.5 Å². The maximum absolute atomic E-state index is 13.1. The number of nitrogen functional groups attached to an aromatic ring is 1. The smallest absolute Gasteiger partial charge is 0.376 e. The summed E-state index contributed by atoms with van der Waals surface area (Å²) in [4.78, 5) is 8.01. The maximum atomic E-state index is 13.1. The third kappa shape index (κ3) is 3.84. The first-order valence-electron chi connectivity index (χ1n) is 8.42. The molecule has 1 aromatic carbocycles. The van der Waals surface area contributed by atoms with Crippen molar-refractivity contribution >= 4 is 32.5 Å². The SMILES string of the molecule is Nc1nc2[c]c(-c3ccc(C(F)(F)F)nc3NCC3CCCO3)ccc2s1. The van der Waals surface area contributed by atoms with Gasteiger partial charge in [-0.3, -0.25) is 0 Å². The molecule has 2 aromatic heterocycles. The monoisotopic (exact) mass is 393 g/mol. The molecular weight excluding hydrogens is 377 g/mol. The molecule has 1 aliphatic heterocycles. The molecule has 1 radical (unpaired) electrons. The molecular formula is C18H16F3N4OS. The minimum atomic E-state index is -4.52. The largest absolute Gasteiger partial charge is 0.433 e. The number of thiazole rings is 1. The highest BCUT2D eigenvalue weighted by atomic mass is 32.1. The number of nitrogens with two attached hydrogens (primary N) is 1. The highest BCUT2D eigenvalue weighted by Crippen LogP contribution is 2.35. The van der Waals surface area contributed by atoms with E-state index in [-0.39, 0.29) is 11.9 Å². The summed E-state index contributed by atoms with van der Waals surface area (Å²) in [5.74, 6) is 0.152. The summed E-state index contributed by atoms with van der Waals surface area (Å²) in [5, 5.41) is 3.44. The second-order valence-electron chi connectivity index (χ2n) is 6.24. The number of pyridine rings is 1. The summed E-state index contributed by atoms with van der Waals surface area (Å²) in [5.41, 5.74) is 6.48. The number of aromatic nitrogens is 2. The van der Waals surface area contributed by atoms with Crippen LogP contribution >= 0.6 is 11.3 Å². The first-order valence-corrected chi connectivity index (χ1v) is 9.24. The van der Waals surface area contributed by atoms with Gasteiger partial charge in [0.2, 0.25) is 0 Å². The van der Waals surface area contributed by atoms with E-state index in [9.17, 15) is 13.2 Å².